The van der Waals surface area contributed by atoms with Crippen LogP contribution in [-0.4, -0.2) is 6.04 Å². The number of fused-ring (bicyclic) bond motifs is 1. The van der Waals surface area contributed by atoms with Gasteiger partial charge < -0.3 is 5.32 Å². The van der Waals surface area contributed by atoms with E-state index in [0.717, 1.165) is 18.9 Å². The maximum absolute atomic E-state index is 13.2. The van der Waals surface area contributed by atoms with Gasteiger partial charge in [-0.05, 0) is 48.6 Å². The van der Waals surface area contributed by atoms with Gasteiger partial charge in [0, 0.05) is 18.2 Å². The average Bonchev–Trinajstić information content (AvgIpc) is 2.79. The van der Waals surface area contributed by atoms with Crippen molar-refractivity contribution < 1.29 is 8.78 Å². The molecule has 0 bridgehead atoms. The van der Waals surface area contributed by atoms with Crippen LogP contribution in [0.25, 0.3) is 0 Å². The third kappa shape index (κ3) is 2.73. The van der Waals surface area contributed by atoms with E-state index < -0.39 is 11.6 Å². The summed E-state index contributed by atoms with van der Waals surface area (Å²) < 4.78 is 26.5. The molecule has 1 N–H and O–H groups in total. The van der Waals surface area contributed by atoms with Gasteiger partial charge >= 0.3 is 0 Å². The van der Waals surface area contributed by atoms with Crippen LogP contribution in [0.3, 0.4) is 0 Å². The van der Waals surface area contributed by atoms with Gasteiger partial charge in [0.25, 0.3) is 0 Å². The standard InChI is InChI=1S/C17H17F2N/c1-11(14-6-15(18)10-16(19)7-14)20-17-8-12-4-2-3-5-13(12)9-17/h2-7,10-11,17,20H,8-9H2,1H3. The fourth-order valence-electron chi connectivity index (χ4n) is 2.95. The van der Waals surface area contributed by atoms with Crippen LogP contribution in [0.15, 0.2) is 42.5 Å². The van der Waals surface area contributed by atoms with Crippen LogP contribution in [0.2, 0.25) is 0 Å². The normalized spacial score (nSPS) is 16.1. The Morgan fingerprint density at radius 2 is 1.55 bits per heavy atom. The molecule has 2 aromatic carbocycles. The zero-order valence-corrected chi connectivity index (χ0v) is 11.4. The number of nitrogens with one attached hydrogen (secondary N) is 1. The van der Waals surface area contributed by atoms with Crippen molar-refractivity contribution in [3.05, 3.63) is 70.8 Å². The van der Waals surface area contributed by atoms with E-state index in [-0.39, 0.29) is 6.04 Å². The predicted octanol–water partition coefficient (Wildman–Crippen LogP) is 3.78. The molecule has 0 saturated heterocycles. The molecule has 1 nitrogen and oxygen atoms in total. The van der Waals surface area contributed by atoms with E-state index in [4.69, 9.17) is 0 Å². The molecule has 1 unspecified atom stereocenters. The lowest BCUT2D eigenvalue weighted by Gasteiger charge is -2.19. The number of halogens is 2. The quantitative estimate of drug-likeness (QED) is 0.897. The summed E-state index contributed by atoms with van der Waals surface area (Å²) in [5.74, 6) is -1.05. The molecule has 0 aromatic heterocycles. The van der Waals surface area contributed by atoms with Gasteiger partial charge in [0.05, 0.1) is 0 Å². The Morgan fingerprint density at radius 1 is 1.00 bits per heavy atom. The Kier molecular flexibility index (Phi) is 3.53. The summed E-state index contributed by atoms with van der Waals surface area (Å²) in [6.07, 6.45) is 1.94. The lowest BCUT2D eigenvalue weighted by atomic mass is 10.1. The second-order valence-corrected chi connectivity index (χ2v) is 5.47. The zero-order valence-electron chi connectivity index (χ0n) is 11.4. The second kappa shape index (κ2) is 5.33. The molecule has 1 atom stereocenters. The van der Waals surface area contributed by atoms with E-state index in [2.05, 4.69) is 17.4 Å². The van der Waals surface area contributed by atoms with E-state index in [1.54, 1.807) is 0 Å². The number of rotatable bonds is 3. The maximum atomic E-state index is 13.2. The van der Waals surface area contributed by atoms with Crippen molar-refractivity contribution in [1.29, 1.82) is 0 Å². The van der Waals surface area contributed by atoms with Crippen LogP contribution in [0.4, 0.5) is 8.78 Å². The Labute approximate surface area is 117 Å². The molecule has 0 aliphatic heterocycles. The summed E-state index contributed by atoms with van der Waals surface area (Å²) >= 11 is 0. The molecular formula is C17H17F2N. The molecule has 0 radical (unpaired) electrons. The van der Waals surface area contributed by atoms with Gasteiger partial charge in [0.1, 0.15) is 11.6 Å². The molecule has 104 valence electrons. The Balaban J connectivity index is 1.70. The molecule has 1 aliphatic rings. The molecule has 3 heteroatoms. The maximum Gasteiger partial charge on any atom is 0.126 e. The van der Waals surface area contributed by atoms with E-state index in [9.17, 15) is 8.78 Å². The second-order valence-electron chi connectivity index (χ2n) is 5.47. The van der Waals surface area contributed by atoms with Gasteiger partial charge in [-0.2, -0.15) is 0 Å². The third-order valence-electron chi connectivity index (χ3n) is 3.92. The molecule has 0 heterocycles. The first-order valence-corrected chi connectivity index (χ1v) is 6.90. The van der Waals surface area contributed by atoms with Crippen molar-refractivity contribution in [3.63, 3.8) is 0 Å². The summed E-state index contributed by atoms with van der Waals surface area (Å²) in [6, 6.07) is 12.3. The first-order valence-electron chi connectivity index (χ1n) is 6.90. The van der Waals surface area contributed by atoms with Crippen molar-refractivity contribution in [3.8, 4) is 0 Å². The van der Waals surface area contributed by atoms with Crippen molar-refractivity contribution in [2.45, 2.75) is 31.8 Å². The van der Waals surface area contributed by atoms with Crippen LogP contribution in [0.5, 0.6) is 0 Å². The highest BCUT2D eigenvalue weighted by molar-refractivity contribution is 5.33. The van der Waals surface area contributed by atoms with Crippen LogP contribution < -0.4 is 5.32 Å². The average molecular weight is 273 g/mol. The molecule has 20 heavy (non-hydrogen) atoms. The summed E-state index contributed by atoms with van der Waals surface area (Å²) in [6.45, 7) is 1.94. The SMILES string of the molecule is CC(NC1Cc2ccccc2C1)c1cc(F)cc(F)c1. The van der Waals surface area contributed by atoms with E-state index in [1.807, 2.05) is 19.1 Å². The highest BCUT2D eigenvalue weighted by Crippen LogP contribution is 2.24. The summed E-state index contributed by atoms with van der Waals surface area (Å²) in [7, 11) is 0. The monoisotopic (exact) mass is 273 g/mol. The lowest BCUT2D eigenvalue weighted by molar-refractivity contribution is 0.462. The van der Waals surface area contributed by atoms with E-state index in [0.29, 0.717) is 11.6 Å². The Bertz CT molecular complexity index is 579. The van der Waals surface area contributed by atoms with Crippen molar-refractivity contribution in [1.82, 2.24) is 5.32 Å². The summed E-state index contributed by atoms with van der Waals surface area (Å²) in [5, 5.41) is 3.46. The van der Waals surface area contributed by atoms with Crippen LogP contribution >= 0.6 is 0 Å². The minimum Gasteiger partial charge on any atom is -0.307 e. The Morgan fingerprint density at radius 3 is 2.10 bits per heavy atom. The van der Waals surface area contributed by atoms with Gasteiger partial charge in [-0.15, -0.1) is 0 Å². The van der Waals surface area contributed by atoms with Gasteiger partial charge in [-0.25, -0.2) is 8.78 Å². The smallest absolute Gasteiger partial charge is 0.126 e. The molecule has 1 aliphatic carbocycles. The topological polar surface area (TPSA) is 12.0 Å². The molecule has 0 saturated carbocycles. The number of hydrogen-bond donors (Lipinski definition) is 1. The van der Waals surface area contributed by atoms with Gasteiger partial charge in [0.15, 0.2) is 0 Å². The predicted molar refractivity (Wildman–Crippen MR) is 75.5 cm³/mol. The van der Waals surface area contributed by atoms with Crippen LogP contribution in [0.1, 0.15) is 29.7 Å². The van der Waals surface area contributed by atoms with Crippen molar-refractivity contribution in [2.75, 3.05) is 0 Å². The fraction of sp³-hybridized carbons (Fsp3) is 0.294. The zero-order chi connectivity index (χ0) is 14.1. The van der Waals surface area contributed by atoms with Gasteiger partial charge in [0.2, 0.25) is 0 Å². The molecule has 3 rings (SSSR count). The molecule has 0 amide bonds. The minimum absolute atomic E-state index is 0.0699. The minimum atomic E-state index is -0.525. The molecule has 2 aromatic rings. The summed E-state index contributed by atoms with van der Waals surface area (Å²) in [5.41, 5.74) is 3.38. The Hall–Kier alpha value is -1.74. The largest absolute Gasteiger partial charge is 0.307 e. The van der Waals surface area contributed by atoms with E-state index in [1.165, 1.54) is 23.3 Å². The number of benzene rings is 2. The highest BCUT2D eigenvalue weighted by Gasteiger charge is 2.22. The lowest BCUT2D eigenvalue weighted by Crippen LogP contribution is -2.32. The van der Waals surface area contributed by atoms with Crippen molar-refractivity contribution in [2.24, 2.45) is 0 Å². The third-order valence-corrected chi connectivity index (χ3v) is 3.92. The first-order chi connectivity index (χ1) is 9.61. The highest BCUT2D eigenvalue weighted by atomic mass is 19.1. The van der Waals surface area contributed by atoms with Crippen LogP contribution in [0, 0.1) is 11.6 Å². The fourth-order valence-corrected chi connectivity index (χ4v) is 2.95. The molecular weight excluding hydrogens is 256 g/mol. The number of hydrogen-bond acceptors (Lipinski definition) is 1. The van der Waals surface area contributed by atoms with Crippen LogP contribution in [-0.2, 0) is 12.8 Å². The molecule has 0 fully saturated rings. The van der Waals surface area contributed by atoms with Gasteiger partial charge in [-0.1, -0.05) is 24.3 Å². The molecule has 0 spiro atoms. The summed E-state index contributed by atoms with van der Waals surface area (Å²) in [4.78, 5) is 0. The van der Waals surface area contributed by atoms with E-state index >= 15 is 0 Å². The first kappa shape index (κ1) is 13.3. The van der Waals surface area contributed by atoms with Gasteiger partial charge in [-0.3, -0.25) is 0 Å². The van der Waals surface area contributed by atoms with Crippen molar-refractivity contribution >= 4 is 0 Å².